The lowest BCUT2D eigenvalue weighted by Crippen LogP contribution is -2.38. The van der Waals surface area contributed by atoms with E-state index in [4.69, 9.17) is 10.6 Å². The zero-order chi connectivity index (χ0) is 20.4. The second kappa shape index (κ2) is 7.87. The van der Waals surface area contributed by atoms with Gasteiger partial charge in [0.25, 0.3) is 5.56 Å². The molecule has 2 heterocycles. The molecular formula is C18H24N6O4. The van der Waals surface area contributed by atoms with Gasteiger partial charge in [-0.05, 0) is 24.1 Å². The molecule has 0 saturated carbocycles. The Bertz CT molecular complexity index is 1100. The number of hydrogen-bond acceptors (Lipinski definition) is 7. The van der Waals surface area contributed by atoms with Crippen molar-refractivity contribution < 1.29 is 9.84 Å². The SMILES string of the molecule is CCc1ccc(OCC(O)Cn2c(NN)nc3c2c(=O)n(C)c(=O)n3C)cc1. The Hall–Kier alpha value is -3.11. The van der Waals surface area contributed by atoms with Gasteiger partial charge in [-0.25, -0.2) is 10.6 Å². The fourth-order valence-electron chi connectivity index (χ4n) is 3.01. The summed E-state index contributed by atoms with van der Waals surface area (Å²) in [6, 6.07) is 7.62. The molecule has 0 spiro atoms. The fraction of sp³-hybridized carbons (Fsp3) is 0.389. The first-order valence-electron chi connectivity index (χ1n) is 8.90. The largest absolute Gasteiger partial charge is 0.491 e. The van der Waals surface area contributed by atoms with Crippen LogP contribution < -0.4 is 27.3 Å². The van der Waals surface area contributed by atoms with Crippen molar-refractivity contribution >= 4 is 17.1 Å². The van der Waals surface area contributed by atoms with Gasteiger partial charge in [-0.1, -0.05) is 19.1 Å². The maximum atomic E-state index is 12.6. The van der Waals surface area contributed by atoms with Gasteiger partial charge >= 0.3 is 5.69 Å². The number of nitrogens with two attached hydrogens (primary N) is 1. The predicted molar refractivity (Wildman–Crippen MR) is 105 cm³/mol. The number of hydrazine groups is 1. The van der Waals surface area contributed by atoms with Gasteiger partial charge < -0.3 is 14.4 Å². The molecule has 3 aromatic rings. The van der Waals surface area contributed by atoms with E-state index in [0.717, 1.165) is 11.0 Å². The van der Waals surface area contributed by atoms with E-state index in [1.807, 2.05) is 24.3 Å². The molecule has 0 saturated heterocycles. The maximum Gasteiger partial charge on any atom is 0.332 e. The molecule has 0 aliphatic heterocycles. The molecule has 10 heteroatoms. The first-order chi connectivity index (χ1) is 13.4. The van der Waals surface area contributed by atoms with Crippen LogP contribution in [0, 0.1) is 0 Å². The molecule has 2 aromatic heterocycles. The van der Waals surface area contributed by atoms with E-state index in [9.17, 15) is 14.7 Å². The number of ether oxygens (including phenoxy) is 1. The molecule has 0 amide bonds. The molecule has 4 N–H and O–H groups in total. The Balaban J connectivity index is 1.86. The van der Waals surface area contributed by atoms with Crippen molar-refractivity contribution in [2.45, 2.75) is 26.0 Å². The maximum absolute atomic E-state index is 12.6. The van der Waals surface area contributed by atoms with Gasteiger partial charge in [0, 0.05) is 14.1 Å². The van der Waals surface area contributed by atoms with Crippen molar-refractivity contribution in [3.05, 3.63) is 50.7 Å². The smallest absolute Gasteiger partial charge is 0.332 e. The van der Waals surface area contributed by atoms with E-state index in [-0.39, 0.29) is 30.3 Å². The first-order valence-corrected chi connectivity index (χ1v) is 8.90. The molecule has 0 aliphatic carbocycles. The van der Waals surface area contributed by atoms with Crippen molar-refractivity contribution in [1.29, 1.82) is 0 Å². The molecule has 10 nitrogen and oxygen atoms in total. The lowest BCUT2D eigenvalue weighted by molar-refractivity contribution is 0.0938. The van der Waals surface area contributed by atoms with Crippen molar-refractivity contribution in [2.24, 2.45) is 19.9 Å². The Labute approximate surface area is 160 Å². The number of hydrogen-bond donors (Lipinski definition) is 3. The van der Waals surface area contributed by atoms with E-state index in [1.165, 1.54) is 28.8 Å². The molecule has 0 radical (unpaired) electrons. The van der Waals surface area contributed by atoms with Crippen LogP contribution in [0.4, 0.5) is 5.95 Å². The van der Waals surface area contributed by atoms with Gasteiger partial charge in [-0.2, -0.15) is 4.98 Å². The second-order valence-electron chi connectivity index (χ2n) is 6.53. The number of aliphatic hydroxyl groups excluding tert-OH is 1. The van der Waals surface area contributed by atoms with Gasteiger partial charge in [0.05, 0.1) is 6.54 Å². The number of rotatable bonds is 7. The van der Waals surface area contributed by atoms with Crippen LogP contribution in [0.2, 0.25) is 0 Å². The average molecular weight is 388 g/mol. The predicted octanol–water partition coefficient (Wildman–Crippen LogP) is -0.278. The first kappa shape index (κ1) is 19.6. The summed E-state index contributed by atoms with van der Waals surface area (Å²) < 4.78 is 9.32. The van der Waals surface area contributed by atoms with Crippen molar-refractivity contribution in [1.82, 2.24) is 18.7 Å². The zero-order valence-electron chi connectivity index (χ0n) is 16.0. The summed E-state index contributed by atoms with van der Waals surface area (Å²) in [4.78, 5) is 28.9. The quantitative estimate of drug-likeness (QED) is 0.375. The van der Waals surface area contributed by atoms with Crippen LogP contribution in [0.25, 0.3) is 11.2 Å². The molecule has 0 fully saturated rings. The number of nitrogen functional groups attached to an aromatic ring is 1. The molecule has 3 rings (SSSR count). The zero-order valence-corrected chi connectivity index (χ0v) is 16.0. The summed E-state index contributed by atoms with van der Waals surface area (Å²) in [5.74, 6) is 6.32. The van der Waals surface area contributed by atoms with E-state index in [2.05, 4.69) is 17.3 Å². The number of aryl methyl sites for hydroxylation is 2. The number of fused-ring (bicyclic) bond motifs is 1. The normalized spacial score (nSPS) is 12.3. The number of aliphatic hydroxyl groups is 1. The minimum absolute atomic E-state index is 0.0104. The highest BCUT2D eigenvalue weighted by Crippen LogP contribution is 2.16. The lowest BCUT2D eigenvalue weighted by atomic mass is 10.2. The highest BCUT2D eigenvalue weighted by Gasteiger charge is 2.20. The number of nitrogens with zero attached hydrogens (tertiary/aromatic N) is 4. The third-order valence-electron chi connectivity index (χ3n) is 4.64. The molecular weight excluding hydrogens is 364 g/mol. The van der Waals surface area contributed by atoms with E-state index in [0.29, 0.717) is 5.75 Å². The van der Waals surface area contributed by atoms with Crippen LogP contribution >= 0.6 is 0 Å². The monoisotopic (exact) mass is 388 g/mol. The van der Waals surface area contributed by atoms with Crippen molar-refractivity contribution in [3.63, 3.8) is 0 Å². The number of aromatic nitrogens is 4. The van der Waals surface area contributed by atoms with Gasteiger partial charge in [-0.3, -0.25) is 19.4 Å². The van der Waals surface area contributed by atoms with Gasteiger partial charge in [0.1, 0.15) is 18.5 Å². The summed E-state index contributed by atoms with van der Waals surface area (Å²) in [6.45, 7) is 2.09. The summed E-state index contributed by atoms with van der Waals surface area (Å²) in [7, 11) is 2.90. The van der Waals surface area contributed by atoms with Crippen LogP contribution in [-0.4, -0.2) is 36.5 Å². The minimum Gasteiger partial charge on any atom is -0.491 e. The summed E-state index contributed by atoms with van der Waals surface area (Å²) in [5, 5.41) is 10.4. The van der Waals surface area contributed by atoms with Crippen LogP contribution in [0.1, 0.15) is 12.5 Å². The molecule has 1 atom stereocenters. The average Bonchev–Trinajstić information content (AvgIpc) is 3.07. The van der Waals surface area contributed by atoms with Crippen LogP contribution in [0.15, 0.2) is 33.9 Å². The van der Waals surface area contributed by atoms with Crippen LogP contribution in [0.5, 0.6) is 5.75 Å². The van der Waals surface area contributed by atoms with Gasteiger partial charge in [0.15, 0.2) is 11.2 Å². The third kappa shape index (κ3) is 3.51. The number of anilines is 1. The highest BCUT2D eigenvalue weighted by atomic mass is 16.5. The Morgan fingerprint density at radius 2 is 1.89 bits per heavy atom. The summed E-state index contributed by atoms with van der Waals surface area (Å²) >= 11 is 0. The minimum atomic E-state index is -0.933. The molecule has 1 aromatic carbocycles. The summed E-state index contributed by atoms with van der Waals surface area (Å²) in [5.41, 5.74) is 2.94. The molecule has 0 bridgehead atoms. The topological polar surface area (TPSA) is 129 Å². The molecule has 28 heavy (non-hydrogen) atoms. The fourth-order valence-corrected chi connectivity index (χ4v) is 3.01. The number of nitrogens with one attached hydrogen (secondary N) is 1. The van der Waals surface area contributed by atoms with E-state index >= 15 is 0 Å². The standard InChI is InChI=1S/C18H24N6O4/c1-4-11-5-7-13(8-6-11)28-10-12(25)9-24-14-15(20-17(24)21-19)22(2)18(27)23(3)16(14)26/h5-8,12,25H,4,9-10,19H2,1-3H3,(H,20,21). The second-order valence-corrected chi connectivity index (χ2v) is 6.53. The highest BCUT2D eigenvalue weighted by molar-refractivity contribution is 5.74. The third-order valence-corrected chi connectivity index (χ3v) is 4.64. The Morgan fingerprint density at radius 3 is 2.50 bits per heavy atom. The lowest BCUT2D eigenvalue weighted by Gasteiger charge is -2.15. The number of imidazole rings is 1. The van der Waals surface area contributed by atoms with E-state index in [1.54, 1.807) is 0 Å². The van der Waals surface area contributed by atoms with E-state index < -0.39 is 17.4 Å². The van der Waals surface area contributed by atoms with Crippen molar-refractivity contribution in [3.8, 4) is 5.75 Å². The van der Waals surface area contributed by atoms with Gasteiger partial charge in [0.2, 0.25) is 5.95 Å². The van der Waals surface area contributed by atoms with Crippen molar-refractivity contribution in [2.75, 3.05) is 12.0 Å². The molecule has 0 aliphatic rings. The molecule has 1 unspecified atom stereocenters. The molecule has 150 valence electrons. The summed E-state index contributed by atoms with van der Waals surface area (Å²) in [6.07, 6.45) is 0.000404. The van der Waals surface area contributed by atoms with Gasteiger partial charge in [-0.15, -0.1) is 0 Å². The Morgan fingerprint density at radius 1 is 1.21 bits per heavy atom. The van der Waals surface area contributed by atoms with Crippen LogP contribution in [0.3, 0.4) is 0 Å². The number of benzene rings is 1. The Kier molecular flexibility index (Phi) is 5.52. The van der Waals surface area contributed by atoms with Crippen LogP contribution in [-0.2, 0) is 27.1 Å².